The Morgan fingerprint density at radius 2 is 2.00 bits per heavy atom. The van der Waals surface area contributed by atoms with Gasteiger partial charge in [-0.1, -0.05) is 13.8 Å². The van der Waals surface area contributed by atoms with Gasteiger partial charge in [-0.15, -0.1) is 0 Å². The molecule has 122 valence electrons. The fourth-order valence-corrected chi connectivity index (χ4v) is 3.07. The van der Waals surface area contributed by atoms with Crippen molar-refractivity contribution in [3.05, 3.63) is 34.9 Å². The van der Waals surface area contributed by atoms with E-state index in [0.29, 0.717) is 17.0 Å². The van der Waals surface area contributed by atoms with Crippen molar-refractivity contribution in [2.45, 2.75) is 34.2 Å². The molecule has 0 aliphatic rings. The van der Waals surface area contributed by atoms with Gasteiger partial charge in [0.2, 0.25) is 0 Å². The molecule has 2 aromatic heterocycles. The lowest BCUT2D eigenvalue weighted by atomic mass is 10.1. The number of hydrogen-bond acceptors (Lipinski definition) is 4. The average Bonchev–Trinajstić information content (AvgIpc) is 2.92. The highest BCUT2D eigenvalue weighted by Gasteiger charge is 2.15. The third kappa shape index (κ3) is 2.71. The summed E-state index contributed by atoms with van der Waals surface area (Å²) >= 11 is 0. The van der Waals surface area contributed by atoms with E-state index in [-0.39, 0.29) is 5.63 Å². The Morgan fingerprint density at radius 3 is 2.65 bits per heavy atom. The van der Waals surface area contributed by atoms with Crippen molar-refractivity contribution in [3.63, 3.8) is 0 Å². The highest BCUT2D eigenvalue weighted by Crippen LogP contribution is 2.27. The molecule has 3 rings (SSSR count). The van der Waals surface area contributed by atoms with Crippen molar-refractivity contribution in [1.29, 1.82) is 0 Å². The Labute approximate surface area is 135 Å². The molecule has 0 saturated heterocycles. The molecule has 0 bridgehead atoms. The first-order valence-electron chi connectivity index (χ1n) is 8.21. The summed E-state index contributed by atoms with van der Waals surface area (Å²) in [6.07, 6.45) is 1.74. The predicted octanol–water partition coefficient (Wildman–Crippen LogP) is 3.64. The second-order valence-corrected chi connectivity index (χ2v) is 6.23. The molecule has 2 heterocycles. The van der Waals surface area contributed by atoms with E-state index in [1.54, 1.807) is 6.33 Å². The van der Waals surface area contributed by atoms with E-state index in [2.05, 4.69) is 48.2 Å². The Kier molecular flexibility index (Phi) is 4.11. The van der Waals surface area contributed by atoms with Gasteiger partial charge in [-0.25, -0.2) is 9.78 Å². The molecule has 0 N–H and O–H groups in total. The first-order valence-corrected chi connectivity index (χ1v) is 8.21. The maximum Gasteiger partial charge on any atom is 0.364 e. The van der Waals surface area contributed by atoms with E-state index in [4.69, 9.17) is 4.42 Å². The van der Waals surface area contributed by atoms with Crippen molar-refractivity contribution in [2.24, 2.45) is 5.92 Å². The zero-order chi connectivity index (χ0) is 16.6. The molecule has 0 amide bonds. The number of benzene rings is 1. The second-order valence-electron chi connectivity index (χ2n) is 6.23. The summed E-state index contributed by atoms with van der Waals surface area (Å²) < 4.78 is 7.57. The molecule has 3 aromatic rings. The van der Waals surface area contributed by atoms with Crippen LogP contribution in [-0.4, -0.2) is 22.6 Å². The third-order valence-electron chi connectivity index (χ3n) is 4.14. The number of aromatic nitrogens is 2. The van der Waals surface area contributed by atoms with Crippen molar-refractivity contribution < 1.29 is 4.42 Å². The van der Waals surface area contributed by atoms with Gasteiger partial charge in [0.1, 0.15) is 5.58 Å². The molecule has 0 atom stereocenters. The first kappa shape index (κ1) is 15.6. The van der Waals surface area contributed by atoms with Crippen LogP contribution in [0.2, 0.25) is 0 Å². The molecule has 1 aromatic carbocycles. The van der Waals surface area contributed by atoms with Crippen LogP contribution in [0.15, 0.2) is 33.7 Å². The van der Waals surface area contributed by atoms with Crippen molar-refractivity contribution in [2.75, 3.05) is 18.0 Å². The lowest BCUT2D eigenvalue weighted by molar-refractivity contribution is 0.532. The monoisotopic (exact) mass is 313 g/mol. The minimum Gasteiger partial charge on any atom is -0.421 e. The fraction of sp³-hybridized carbons (Fsp3) is 0.444. The zero-order valence-electron chi connectivity index (χ0n) is 14.2. The van der Waals surface area contributed by atoms with E-state index in [0.717, 1.165) is 36.2 Å². The summed E-state index contributed by atoms with van der Waals surface area (Å²) in [4.78, 5) is 18.7. The van der Waals surface area contributed by atoms with Gasteiger partial charge in [-0.05, 0) is 31.9 Å². The van der Waals surface area contributed by atoms with Gasteiger partial charge in [0.05, 0.1) is 11.8 Å². The Bertz CT molecular complexity index is 888. The van der Waals surface area contributed by atoms with Crippen LogP contribution in [0, 0.1) is 5.92 Å². The van der Waals surface area contributed by atoms with E-state index in [1.165, 1.54) is 0 Å². The van der Waals surface area contributed by atoms with Crippen LogP contribution in [0.25, 0.3) is 22.0 Å². The van der Waals surface area contributed by atoms with E-state index in [9.17, 15) is 4.79 Å². The largest absolute Gasteiger partial charge is 0.421 e. The Hall–Kier alpha value is -2.30. The third-order valence-corrected chi connectivity index (χ3v) is 4.14. The summed E-state index contributed by atoms with van der Waals surface area (Å²) in [6.45, 7) is 11.2. The van der Waals surface area contributed by atoms with E-state index < -0.39 is 0 Å². The van der Waals surface area contributed by atoms with Crippen molar-refractivity contribution >= 4 is 27.7 Å². The molecule has 0 spiro atoms. The summed E-state index contributed by atoms with van der Waals surface area (Å²) in [5.41, 5.74) is 2.61. The predicted molar refractivity (Wildman–Crippen MR) is 94.2 cm³/mol. The SMILES string of the molecule is CCN(CC)c1ccc2c(c1)oc(=O)c1ncn(CC(C)C)c12. The average molecular weight is 313 g/mol. The molecular weight excluding hydrogens is 290 g/mol. The number of rotatable bonds is 5. The number of anilines is 1. The molecular formula is C18H23N3O2. The summed E-state index contributed by atoms with van der Waals surface area (Å²) in [6, 6.07) is 6.07. The number of nitrogens with zero attached hydrogens (tertiary/aromatic N) is 3. The topological polar surface area (TPSA) is 51.3 Å². The second kappa shape index (κ2) is 6.07. The van der Waals surface area contributed by atoms with Crippen LogP contribution in [0.3, 0.4) is 0 Å². The van der Waals surface area contributed by atoms with Crippen LogP contribution >= 0.6 is 0 Å². The minimum absolute atomic E-state index is 0.369. The fourth-order valence-electron chi connectivity index (χ4n) is 3.07. The van der Waals surface area contributed by atoms with E-state index >= 15 is 0 Å². The van der Waals surface area contributed by atoms with Gasteiger partial charge < -0.3 is 13.9 Å². The molecule has 0 saturated carbocycles. The summed E-state index contributed by atoms with van der Waals surface area (Å²) in [5.74, 6) is 0.477. The molecule has 0 aliphatic heterocycles. The number of fused-ring (bicyclic) bond motifs is 3. The van der Waals surface area contributed by atoms with Crippen LogP contribution in [-0.2, 0) is 6.54 Å². The van der Waals surface area contributed by atoms with Gasteiger partial charge in [0, 0.05) is 36.8 Å². The summed E-state index contributed by atoms with van der Waals surface area (Å²) in [5, 5.41) is 0.939. The molecule has 5 heteroatoms. The quantitative estimate of drug-likeness (QED) is 0.675. The minimum atomic E-state index is -0.369. The van der Waals surface area contributed by atoms with Crippen LogP contribution in [0.4, 0.5) is 5.69 Å². The van der Waals surface area contributed by atoms with Crippen LogP contribution in [0.5, 0.6) is 0 Å². The van der Waals surface area contributed by atoms with Crippen molar-refractivity contribution in [1.82, 2.24) is 9.55 Å². The van der Waals surface area contributed by atoms with Gasteiger partial charge >= 0.3 is 5.63 Å². The molecule has 0 aliphatic carbocycles. The van der Waals surface area contributed by atoms with Gasteiger partial charge in [0.15, 0.2) is 5.52 Å². The van der Waals surface area contributed by atoms with E-state index in [1.807, 2.05) is 12.1 Å². The van der Waals surface area contributed by atoms with Crippen LogP contribution < -0.4 is 10.5 Å². The summed E-state index contributed by atoms with van der Waals surface area (Å²) in [7, 11) is 0. The van der Waals surface area contributed by atoms with Gasteiger partial charge in [-0.2, -0.15) is 0 Å². The van der Waals surface area contributed by atoms with Crippen molar-refractivity contribution in [3.8, 4) is 0 Å². The van der Waals surface area contributed by atoms with Gasteiger partial charge in [0.25, 0.3) is 0 Å². The Balaban J connectivity index is 2.26. The lowest BCUT2D eigenvalue weighted by Crippen LogP contribution is -2.21. The number of hydrogen-bond donors (Lipinski definition) is 0. The maximum atomic E-state index is 12.3. The highest BCUT2D eigenvalue weighted by atomic mass is 16.4. The number of imidazole rings is 1. The molecule has 0 radical (unpaired) electrons. The molecule has 23 heavy (non-hydrogen) atoms. The molecule has 5 nitrogen and oxygen atoms in total. The smallest absolute Gasteiger partial charge is 0.364 e. The van der Waals surface area contributed by atoms with Crippen LogP contribution in [0.1, 0.15) is 27.7 Å². The first-order chi connectivity index (χ1) is 11.0. The van der Waals surface area contributed by atoms with Gasteiger partial charge in [-0.3, -0.25) is 0 Å². The highest BCUT2D eigenvalue weighted by molar-refractivity contribution is 6.01. The molecule has 0 unspecified atom stereocenters. The standard InChI is InChI=1S/C18H23N3O2/c1-5-20(6-2)13-7-8-14-15(9-13)23-18(22)16-17(14)21(11-19-16)10-12(3)4/h7-9,11-12H,5-6,10H2,1-4H3. The Morgan fingerprint density at radius 1 is 1.26 bits per heavy atom. The maximum absolute atomic E-state index is 12.3. The lowest BCUT2D eigenvalue weighted by Gasteiger charge is -2.21. The normalized spacial score (nSPS) is 11.7. The molecule has 0 fully saturated rings. The zero-order valence-corrected chi connectivity index (χ0v) is 14.2.